The number of hydrogen-bond donors (Lipinski definition) is 2. The molecule has 0 aromatic rings. The van der Waals surface area contributed by atoms with Crippen molar-refractivity contribution >= 4 is 11.9 Å². The number of piperidine rings is 1. The summed E-state index contributed by atoms with van der Waals surface area (Å²) < 4.78 is 0. The molecule has 1 heterocycles. The Morgan fingerprint density at radius 2 is 1.72 bits per heavy atom. The summed E-state index contributed by atoms with van der Waals surface area (Å²) in [6.45, 7) is 3.32. The number of unbranched alkanes of at least 4 members (excludes halogenated alkanes) is 1. The summed E-state index contributed by atoms with van der Waals surface area (Å²) in [7, 11) is 0. The summed E-state index contributed by atoms with van der Waals surface area (Å²) in [5.74, 6) is -0.497. The minimum Gasteiger partial charge on any atom is -0.481 e. The van der Waals surface area contributed by atoms with Crippen molar-refractivity contribution in [3.63, 3.8) is 0 Å². The van der Waals surface area contributed by atoms with Crippen LogP contribution in [0.3, 0.4) is 0 Å². The van der Waals surface area contributed by atoms with Gasteiger partial charge in [-0.15, -0.1) is 0 Å². The van der Waals surface area contributed by atoms with E-state index in [1.807, 2.05) is 4.90 Å². The van der Waals surface area contributed by atoms with Gasteiger partial charge in [-0.05, 0) is 38.6 Å². The molecule has 1 rings (SSSR count). The highest BCUT2D eigenvalue weighted by Gasteiger charge is 2.15. The zero-order valence-corrected chi connectivity index (χ0v) is 11.0. The predicted molar refractivity (Wildman–Crippen MR) is 69.4 cm³/mol. The van der Waals surface area contributed by atoms with Crippen LogP contribution >= 0.6 is 0 Å². The van der Waals surface area contributed by atoms with Crippen LogP contribution in [0.1, 0.15) is 44.9 Å². The Kier molecular flexibility index (Phi) is 7.41. The van der Waals surface area contributed by atoms with Crippen LogP contribution in [0.5, 0.6) is 0 Å². The molecule has 0 saturated carbocycles. The molecule has 0 atom stereocenters. The van der Waals surface area contributed by atoms with Gasteiger partial charge in [0.2, 0.25) is 5.91 Å². The summed E-state index contributed by atoms with van der Waals surface area (Å²) >= 11 is 0. The fraction of sp³-hybridized carbons (Fsp3) is 0.846. The summed E-state index contributed by atoms with van der Waals surface area (Å²) in [4.78, 5) is 24.0. The average Bonchev–Trinajstić information content (AvgIpc) is 2.38. The lowest BCUT2D eigenvalue weighted by Crippen LogP contribution is -2.37. The van der Waals surface area contributed by atoms with Gasteiger partial charge in [0.25, 0.3) is 0 Å². The maximum Gasteiger partial charge on any atom is 0.303 e. The smallest absolute Gasteiger partial charge is 0.303 e. The minimum absolute atomic E-state index is 0.231. The number of nitrogens with one attached hydrogen (secondary N) is 1. The van der Waals surface area contributed by atoms with Gasteiger partial charge in [0.05, 0.1) is 0 Å². The van der Waals surface area contributed by atoms with E-state index >= 15 is 0 Å². The fourth-order valence-corrected chi connectivity index (χ4v) is 2.15. The predicted octanol–water partition coefficient (Wildman–Crippen LogP) is 1.23. The van der Waals surface area contributed by atoms with Crippen molar-refractivity contribution in [1.29, 1.82) is 0 Å². The van der Waals surface area contributed by atoms with Crippen LogP contribution in [0.2, 0.25) is 0 Å². The lowest BCUT2D eigenvalue weighted by Gasteiger charge is -2.26. The highest BCUT2D eigenvalue weighted by atomic mass is 16.4. The number of hydrogen-bond acceptors (Lipinski definition) is 3. The number of amides is 1. The molecule has 1 amide bonds. The Bertz CT molecular complexity index is 263. The molecule has 1 saturated heterocycles. The van der Waals surface area contributed by atoms with Gasteiger partial charge in [-0.2, -0.15) is 0 Å². The van der Waals surface area contributed by atoms with Crippen molar-refractivity contribution in [1.82, 2.24) is 10.2 Å². The molecule has 0 aliphatic carbocycles. The normalized spacial score (nSPS) is 15.7. The van der Waals surface area contributed by atoms with Gasteiger partial charge in [0.1, 0.15) is 0 Å². The molecule has 0 radical (unpaired) electrons. The first kappa shape index (κ1) is 15.0. The Morgan fingerprint density at radius 1 is 1.00 bits per heavy atom. The van der Waals surface area contributed by atoms with Crippen LogP contribution < -0.4 is 5.32 Å². The summed E-state index contributed by atoms with van der Waals surface area (Å²) in [6, 6.07) is 0. The lowest BCUT2D eigenvalue weighted by atomic mass is 10.1. The highest BCUT2D eigenvalue weighted by Crippen LogP contribution is 2.09. The first-order chi connectivity index (χ1) is 8.70. The maximum atomic E-state index is 11.8. The summed E-state index contributed by atoms with van der Waals surface area (Å²) in [5, 5.41) is 11.7. The Labute approximate surface area is 109 Å². The zero-order chi connectivity index (χ0) is 13.2. The van der Waals surface area contributed by atoms with Crippen molar-refractivity contribution in [2.24, 2.45) is 0 Å². The van der Waals surface area contributed by atoms with Gasteiger partial charge < -0.3 is 15.3 Å². The van der Waals surface area contributed by atoms with Crippen LogP contribution in [0, 0.1) is 0 Å². The second-order valence-electron chi connectivity index (χ2n) is 4.79. The summed E-state index contributed by atoms with van der Waals surface area (Å²) in [6.07, 6.45) is 5.84. The van der Waals surface area contributed by atoms with E-state index in [1.54, 1.807) is 0 Å². The third-order valence-corrected chi connectivity index (χ3v) is 3.22. The van der Waals surface area contributed by atoms with Crippen LogP contribution in [0.4, 0.5) is 0 Å². The van der Waals surface area contributed by atoms with E-state index in [1.165, 1.54) is 6.42 Å². The van der Waals surface area contributed by atoms with Crippen molar-refractivity contribution in [2.45, 2.75) is 44.9 Å². The first-order valence-electron chi connectivity index (χ1n) is 6.90. The highest BCUT2D eigenvalue weighted by molar-refractivity contribution is 5.76. The molecule has 5 nitrogen and oxygen atoms in total. The fourth-order valence-electron chi connectivity index (χ4n) is 2.15. The third kappa shape index (κ3) is 6.59. The molecular formula is C13H24N2O3. The molecule has 1 fully saturated rings. The first-order valence-corrected chi connectivity index (χ1v) is 6.90. The molecule has 0 bridgehead atoms. The SMILES string of the molecule is O=C(O)CCCCNCCC(=O)N1CCCCC1. The molecule has 2 N–H and O–H groups in total. The van der Waals surface area contributed by atoms with Crippen molar-refractivity contribution in [2.75, 3.05) is 26.2 Å². The van der Waals surface area contributed by atoms with Gasteiger partial charge in [0, 0.05) is 32.5 Å². The Morgan fingerprint density at radius 3 is 2.39 bits per heavy atom. The number of carboxylic acids is 1. The Hall–Kier alpha value is -1.10. The van der Waals surface area contributed by atoms with E-state index in [2.05, 4.69) is 5.32 Å². The number of carbonyl (C=O) groups excluding carboxylic acids is 1. The lowest BCUT2D eigenvalue weighted by molar-refractivity contribution is -0.137. The molecule has 18 heavy (non-hydrogen) atoms. The molecular weight excluding hydrogens is 232 g/mol. The maximum absolute atomic E-state index is 11.8. The molecule has 0 aromatic heterocycles. The second-order valence-corrected chi connectivity index (χ2v) is 4.79. The number of aliphatic carboxylic acids is 1. The number of rotatable bonds is 8. The third-order valence-electron chi connectivity index (χ3n) is 3.22. The van der Waals surface area contributed by atoms with Crippen LogP contribution in [-0.4, -0.2) is 48.1 Å². The molecule has 0 aromatic carbocycles. The van der Waals surface area contributed by atoms with Crippen molar-refractivity contribution in [3.05, 3.63) is 0 Å². The van der Waals surface area contributed by atoms with E-state index in [9.17, 15) is 9.59 Å². The van der Waals surface area contributed by atoms with Crippen molar-refractivity contribution in [3.8, 4) is 0 Å². The van der Waals surface area contributed by atoms with E-state index in [0.717, 1.165) is 38.9 Å². The number of carboxylic acid groups (broad SMARTS) is 1. The van der Waals surface area contributed by atoms with Crippen LogP contribution in [0.25, 0.3) is 0 Å². The molecule has 0 spiro atoms. The van der Waals surface area contributed by atoms with Gasteiger partial charge >= 0.3 is 5.97 Å². The average molecular weight is 256 g/mol. The van der Waals surface area contributed by atoms with Gasteiger partial charge in [-0.3, -0.25) is 9.59 Å². The van der Waals surface area contributed by atoms with E-state index < -0.39 is 5.97 Å². The number of carbonyl (C=O) groups is 2. The van der Waals surface area contributed by atoms with Crippen LogP contribution in [-0.2, 0) is 9.59 Å². The molecule has 5 heteroatoms. The minimum atomic E-state index is -0.740. The monoisotopic (exact) mass is 256 g/mol. The Balaban J connectivity index is 1.93. The van der Waals surface area contributed by atoms with E-state index in [-0.39, 0.29) is 12.3 Å². The topological polar surface area (TPSA) is 69.6 Å². The molecule has 1 aliphatic heterocycles. The number of likely N-dealkylation sites (tertiary alicyclic amines) is 1. The second kappa shape index (κ2) is 8.91. The van der Waals surface area contributed by atoms with Crippen molar-refractivity contribution < 1.29 is 14.7 Å². The van der Waals surface area contributed by atoms with E-state index in [0.29, 0.717) is 19.4 Å². The zero-order valence-electron chi connectivity index (χ0n) is 11.0. The van der Waals surface area contributed by atoms with Crippen LogP contribution in [0.15, 0.2) is 0 Å². The van der Waals surface area contributed by atoms with Gasteiger partial charge in [-0.25, -0.2) is 0 Å². The summed E-state index contributed by atoms with van der Waals surface area (Å²) in [5.41, 5.74) is 0. The molecule has 0 unspecified atom stereocenters. The largest absolute Gasteiger partial charge is 0.481 e. The molecule has 1 aliphatic rings. The van der Waals surface area contributed by atoms with Gasteiger partial charge in [0.15, 0.2) is 0 Å². The number of nitrogens with zero attached hydrogens (tertiary/aromatic N) is 1. The standard InChI is InChI=1S/C13H24N2O3/c16-12(15-10-4-1-5-11-15)7-9-14-8-3-2-6-13(17)18/h14H,1-11H2,(H,17,18). The molecule has 104 valence electrons. The quantitative estimate of drug-likeness (QED) is 0.641. The van der Waals surface area contributed by atoms with E-state index in [4.69, 9.17) is 5.11 Å². The van der Waals surface area contributed by atoms with Gasteiger partial charge in [-0.1, -0.05) is 0 Å².